The maximum absolute atomic E-state index is 3.36. The lowest BCUT2D eigenvalue weighted by atomic mass is 9.88. The molecule has 3 heteroatoms. The summed E-state index contributed by atoms with van der Waals surface area (Å²) in [4.78, 5) is 0. The standard InChI is InChI=1S/C7H13NS2/c1-2-4-7(5-3-1)6-8-10-9-7/h8H,1-6H2. The maximum atomic E-state index is 3.36. The predicted octanol–water partition coefficient (Wildman–Crippen LogP) is 2.59. The third kappa shape index (κ3) is 1.31. The van der Waals surface area contributed by atoms with Crippen LogP contribution in [0, 0.1) is 0 Å². The molecule has 1 spiro atoms. The molecule has 1 saturated carbocycles. The summed E-state index contributed by atoms with van der Waals surface area (Å²) in [7, 11) is 3.92. The minimum Gasteiger partial charge on any atom is -0.253 e. The van der Waals surface area contributed by atoms with Gasteiger partial charge in [-0.15, -0.1) is 0 Å². The lowest BCUT2D eigenvalue weighted by molar-refractivity contribution is 0.403. The van der Waals surface area contributed by atoms with Crippen LogP contribution in [0.3, 0.4) is 0 Å². The van der Waals surface area contributed by atoms with Crippen LogP contribution in [0.5, 0.6) is 0 Å². The summed E-state index contributed by atoms with van der Waals surface area (Å²) in [5.74, 6) is 0. The molecule has 10 heavy (non-hydrogen) atoms. The van der Waals surface area contributed by atoms with Crippen molar-refractivity contribution in [3.8, 4) is 0 Å². The van der Waals surface area contributed by atoms with Gasteiger partial charge in [0.1, 0.15) is 0 Å². The van der Waals surface area contributed by atoms with Crippen LogP contribution < -0.4 is 4.72 Å². The van der Waals surface area contributed by atoms with Crippen LogP contribution in [-0.4, -0.2) is 11.3 Å². The first kappa shape index (κ1) is 7.32. The molecule has 0 radical (unpaired) electrons. The van der Waals surface area contributed by atoms with Crippen LogP contribution in [0.1, 0.15) is 32.1 Å². The van der Waals surface area contributed by atoms with Crippen molar-refractivity contribution in [2.45, 2.75) is 36.9 Å². The second-order valence-electron chi connectivity index (χ2n) is 3.23. The summed E-state index contributed by atoms with van der Waals surface area (Å²) >= 11 is 0. The minimum absolute atomic E-state index is 0.642. The molecule has 1 heterocycles. The van der Waals surface area contributed by atoms with E-state index in [2.05, 4.69) is 15.5 Å². The Kier molecular flexibility index (Phi) is 2.16. The number of nitrogens with one attached hydrogen (secondary N) is 1. The summed E-state index contributed by atoms with van der Waals surface area (Å²) in [5, 5.41) is 0. The van der Waals surface area contributed by atoms with Crippen molar-refractivity contribution in [3.05, 3.63) is 0 Å². The van der Waals surface area contributed by atoms with Gasteiger partial charge < -0.3 is 0 Å². The van der Waals surface area contributed by atoms with E-state index < -0.39 is 0 Å². The van der Waals surface area contributed by atoms with Gasteiger partial charge in [-0.1, -0.05) is 30.1 Å². The van der Waals surface area contributed by atoms with Crippen LogP contribution in [0.2, 0.25) is 0 Å². The topological polar surface area (TPSA) is 12.0 Å². The highest BCUT2D eigenvalue weighted by atomic mass is 33.1. The second-order valence-corrected chi connectivity index (χ2v) is 5.72. The van der Waals surface area contributed by atoms with Crippen molar-refractivity contribution >= 4 is 21.8 Å². The van der Waals surface area contributed by atoms with Gasteiger partial charge in [0.25, 0.3) is 0 Å². The molecule has 1 aliphatic carbocycles. The first-order valence-corrected chi connectivity index (χ1v) is 6.14. The van der Waals surface area contributed by atoms with Gasteiger partial charge in [0, 0.05) is 11.3 Å². The molecular weight excluding hydrogens is 162 g/mol. The molecule has 2 rings (SSSR count). The average Bonchev–Trinajstić information content (AvgIpc) is 2.39. The smallest absolute Gasteiger partial charge is 0.0409 e. The van der Waals surface area contributed by atoms with Crippen molar-refractivity contribution in [3.63, 3.8) is 0 Å². The van der Waals surface area contributed by atoms with E-state index in [0.29, 0.717) is 4.75 Å². The fraction of sp³-hybridized carbons (Fsp3) is 1.00. The predicted molar refractivity (Wildman–Crippen MR) is 49.0 cm³/mol. The maximum Gasteiger partial charge on any atom is 0.0409 e. The van der Waals surface area contributed by atoms with Gasteiger partial charge in [-0.05, 0) is 23.8 Å². The highest BCUT2D eigenvalue weighted by Crippen LogP contribution is 2.48. The molecule has 0 atom stereocenters. The van der Waals surface area contributed by atoms with Crippen LogP contribution in [0.4, 0.5) is 0 Å². The molecule has 1 aliphatic heterocycles. The number of hydrogen-bond acceptors (Lipinski definition) is 3. The largest absolute Gasteiger partial charge is 0.253 e. The zero-order chi connectivity index (χ0) is 6.86. The Labute approximate surface area is 70.2 Å². The summed E-state index contributed by atoms with van der Waals surface area (Å²) < 4.78 is 4.00. The fourth-order valence-electron chi connectivity index (χ4n) is 1.76. The van der Waals surface area contributed by atoms with Gasteiger partial charge in [0.2, 0.25) is 0 Å². The van der Waals surface area contributed by atoms with Crippen LogP contribution in [-0.2, 0) is 0 Å². The van der Waals surface area contributed by atoms with Crippen molar-refractivity contribution in [1.82, 2.24) is 4.72 Å². The molecule has 0 aromatic rings. The first-order valence-electron chi connectivity index (χ1n) is 3.99. The van der Waals surface area contributed by atoms with E-state index in [-0.39, 0.29) is 0 Å². The van der Waals surface area contributed by atoms with Gasteiger partial charge in [-0.2, -0.15) is 0 Å². The van der Waals surface area contributed by atoms with Crippen molar-refractivity contribution in [2.75, 3.05) is 6.54 Å². The lowest BCUT2D eigenvalue weighted by Crippen LogP contribution is -2.31. The first-order chi connectivity index (χ1) is 4.91. The Morgan fingerprint density at radius 2 is 1.90 bits per heavy atom. The van der Waals surface area contributed by atoms with E-state index in [9.17, 15) is 0 Å². The van der Waals surface area contributed by atoms with Gasteiger partial charge >= 0.3 is 0 Å². The Morgan fingerprint density at radius 3 is 2.50 bits per heavy atom. The Bertz CT molecular complexity index is 113. The summed E-state index contributed by atoms with van der Waals surface area (Å²) in [6.07, 6.45) is 7.26. The molecule has 1 saturated heterocycles. The van der Waals surface area contributed by atoms with Crippen molar-refractivity contribution in [1.29, 1.82) is 0 Å². The molecule has 1 N–H and O–H groups in total. The SMILES string of the molecule is C1CCC2(CC1)CNSS2. The van der Waals surface area contributed by atoms with Gasteiger partial charge in [-0.25, -0.2) is 0 Å². The van der Waals surface area contributed by atoms with Gasteiger partial charge in [-0.3, -0.25) is 4.72 Å². The quantitative estimate of drug-likeness (QED) is 0.449. The lowest BCUT2D eigenvalue weighted by Gasteiger charge is -2.30. The van der Waals surface area contributed by atoms with E-state index in [4.69, 9.17) is 0 Å². The molecule has 58 valence electrons. The van der Waals surface area contributed by atoms with E-state index >= 15 is 0 Å². The summed E-state index contributed by atoms with van der Waals surface area (Å²) in [5.41, 5.74) is 0. The van der Waals surface area contributed by atoms with Crippen LogP contribution in [0.25, 0.3) is 0 Å². The molecule has 2 fully saturated rings. The monoisotopic (exact) mass is 175 g/mol. The zero-order valence-corrected chi connectivity index (χ0v) is 7.69. The van der Waals surface area contributed by atoms with E-state index in [1.165, 1.54) is 38.6 Å². The molecule has 0 aromatic carbocycles. The Hall–Kier alpha value is 0.660. The van der Waals surface area contributed by atoms with E-state index in [1.807, 2.05) is 11.0 Å². The third-order valence-electron chi connectivity index (χ3n) is 2.44. The molecular formula is C7H13NS2. The second kappa shape index (κ2) is 2.95. The fourth-order valence-corrected chi connectivity index (χ4v) is 4.57. The van der Waals surface area contributed by atoms with Crippen LogP contribution in [0.15, 0.2) is 0 Å². The molecule has 0 aromatic heterocycles. The number of hydrogen-bond donors (Lipinski definition) is 1. The van der Waals surface area contributed by atoms with Gasteiger partial charge in [0.05, 0.1) is 0 Å². The highest BCUT2D eigenvalue weighted by molar-refractivity contribution is 8.76. The minimum atomic E-state index is 0.642. The third-order valence-corrected chi connectivity index (χ3v) is 5.35. The highest BCUT2D eigenvalue weighted by Gasteiger charge is 2.36. The molecule has 1 nitrogen and oxygen atoms in total. The molecule has 0 unspecified atom stereocenters. The molecule has 2 aliphatic rings. The Morgan fingerprint density at radius 1 is 1.10 bits per heavy atom. The average molecular weight is 175 g/mol. The normalized spacial score (nSPS) is 31.2. The number of rotatable bonds is 0. The molecule has 0 bridgehead atoms. The molecule has 0 amide bonds. The van der Waals surface area contributed by atoms with Crippen LogP contribution >= 0.6 is 21.8 Å². The summed E-state index contributed by atoms with van der Waals surface area (Å²) in [6, 6.07) is 0. The van der Waals surface area contributed by atoms with E-state index in [1.54, 1.807) is 0 Å². The summed E-state index contributed by atoms with van der Waals surface area (Å²) in [6.45, 7) is 1.24. The van der Waals surface area contributed by atoms with Crippen molar-refractivity contribution < 1.29 is 0 Å². The zero-order valence-electron chi connectivity index (χ0n) is 6.06. The Balaban J connectivity index is 1.98. The van der Waals surface area contributed by atoms with Gasteiger partial charge in [0.15, 0.2) is 0 Å². The van der Waals surface area contributed by atoms with E-state index in [0.717, 1.165) is 0 Å². The van der Waals surface area contributed by atoms with Crippen molar-refractivity contribution in [2.24, 2.45) is 0 Å².